The largest absolute Gasteiger partial charge is 0.504 e. The van der Waals surface area contributed by atoms with Crippen LogP contribution in [0.4, 0.5) is 0 Å². The molecule has 1 radical (unpaired) electrons. The summed E-state index contributed by atoms with van der Waals surface area (Å²) in [6.45, 7) is 0. The lowest BCUT2D eigenvalue weighted by molar-refractivity contribution is 0.301. The quantitative estimate of drug-likeness (QED) is 0.772. The zero-order valence-electron chi connectivity index (χ0n) is 8.91. The van der Waals surface area contributed by atoms with E-state index in [1.807, 2.05) is 0 Å². The molecule has 2 bridgehead atoms. The van der Waals surface area contributed by atoms with Crippen LogP contribution >= 0.6 is 0 Å². The molecule has 3 aliphatic rings. The molecule has 4 rings (SSSR count). The fourth-order valence-electron chi connectivity index (χ4n) is 2.11. The van der Waals surface area contributed by atoms with E-state index in [2.05, 4.69) is 12.0 Å². The minimum absolute atomic E-state index is 0.0224. The Balaban J connectivity index is 1.69. The molecular weight excluding hydrogens is 241 g/mol. The van der Waals surface area contributed by atoms with Gasteiger partial charge < -0.3 is 9.29 Å². The average molecular weight is 252 g/mol. The van der Waals surface area contributed by atoms with Gasteiger partial charge in [0.25, 0.3) is 0 Å². The first-order chi connectivity index (χ1) is 8.05. The minimum atomic E-state index is -3.85. The number of hydrogen-bond donors (Lipinski definition) is 2. The fraction of sp³-hybridized carbons (Fsp3) is 0.400. The van der Waals surface area contributed by atoms with E-state index in [4.69, 9.17) is 4.18 Å². The Morgan fingerprint density at radius 1 is 1.35 bits per heavy atom. The van der Waals surface area contributed by atoms with Crippen molar-refractivity contribution in [3.05, 3.63) is 24.3 Å². The molecule has 2 heterocycles. The Hall–Kier alpha value is -1.21. The number of para-hydroxylation sites is 2. The van der Waals surface area contributed by atoms with Crippen LogP contribution in [0.1, 0.15) is 6.42 Å². The van der Waals surface area contributed by atoms with Gasteiger partial charge in [0.05, 0.1) is 0 Å². The van der Waals surface area contributed by atoms with Crippen molar-refractivity contribution in [3.8, 4) is 11.5 Å². The highest BCUT2D eigenvalue weighted by molar-refractivity contribution is 7.85. The van der Waals surface area contributed by atoms with Crippen molar-refractivity contribution in [2.24, 2.45) is 0 Å². The molecule has 1 aliphatic carbocycles. The van der Waals surface area contributed by atoms with Gasteiger partial charge in [-0.3, -0.25) is 0 Å². The summed E-state index contributed by atoms with van der Waals surface area (Å²) in [6, 6.07) is 5.95. The van der Waals surface area contributed by atoms with E-state index < -0.39 is 10.3 Å². The van der Waals surface area contributed by atoms with Crippen molar-refractivity contribution in [3.63, 3.8) is 0 Å². The molecule has 3 fully saturated rings. The van der Waals surface area contributed by atoms with Crippen LogP contribution < -0.4 is 8.91 Å². The lowest BCUT2D eigenvalue weighted by Crippen LogP contribution is -2.62. The zero-order valence-corrected chi connectivity index (χ0v) is 9.72. The Labute approximate surface area is 100 Å². The van der Waals surface area contributed by atoms with Crippen molar-refractivity contribution in [1.82, 2.24) is 4.72 Å². The molecule has 7 heteroatoms. The van der Waals surface area contributed by atoms with Gasteiger partial charge in [-0.15, -0.1) is 0 Å². The standard InChI is InChI=1S/C10H11BNO4S/c13-8-3-1-2-4-9(8)16-17(14,15)12-10-6-5-7(10)11-6/h1-4,6-7,10,12-13H,5H2. The number of phenols is 1. The van der Waals surface area contributed by atoms with Crippen LogP contribution in [0.2, 0.25) is 11.6 Å². The van der Waals surface area contributed by atoms with Gasteiger partial charge in [0.15, 0.2) is 11.5 Å². The van der Waals surface area contributed by atoms with Crippen LogP contribution in [-0.4, -0.2) is 26.8 Å². The highest BCUT2D eigenvalue weighted by Crippen LogP contribution is 2.56. The van der Waals surface area contributed by atoms with Gasteiger partial charge in [0, 0.05) is 6.04 Å². The van der Waals surface area contributed by atoms with E-state index in [0.717, 1.165) is 6.42 Å². The van der Waals surface area contributed by atoms with E-state index >= 15 is 0 Å². The molecule has 1 aromatic rings. The van der Waals surface area contributed by atoms with Gasteiger partial charge in [-0.1, -0.05) is 30.2 Å². The number of phenolic OH excluding ortho intramolecular Hbond substituents is 1. The van der Waals surface area contributed by atoms with Gasteiger partial charge in [0.1, 0.15) is 7.28 Å². The summed E-state index contributed by atoms with van der Waals surface area (Å²) >= 11 is 0. The second-order valence-electron chi connectivity index (χ2n) is 4.40. The molecule has 1 saturated carbocycles. The van der Waals surface area contributed by atoms with Crippen molar-refractivity contribution < 1.29 is 17.7 Å². The predicted octanol–water partition coefficient (Wildman–Crippen LogP) is 0.673. The molecule has 2 aliphatic heterocycles. The topological polar surface area (TPSA) is 75.6 Å². The van der Waals surface area contributed by atoms with Gasteiger partial charge in [-0.25, -0.2) is 0 Å². The van der Waals surface area contributed by atoms with Crippen molar-refractivity contribution >= 4 is 17.6 Å². The molecule has 17 heavy (non-hydrogen) atoms. The lowest BCUT2D eigenvalue weighted by atomic mass is 9.24. The maximum Gasteiger partial charge on any atom is 0.382 e. The number of nitrogens with one attached hydrogen (secondary N) is 1. The van der Waals surface area contributed by atoms with Crippen LogP contribution in [0.5, 0.6) is 11.5 Å². The van der Waals surface area contributed by atoms with Crippen LogP contribution in [0.25, 0.3) is 0 Å². The molecule has 5 nitrogen and oxygen atoms in total. The molecule has 0 aromatic heterocycles. The van der Waals surface area contributed by atoms with E-state index in [9.17, 15) is 13.5 Å². The Morgan fingerprint density at radius 2 is 2.00 bits per heavy atom. The molecule has 0 amide bonds. The van der Waals surface area contributed by atoms with Crippen LogP contribution in [0.3, 0.4) is 0 Å². The maximum atomic E-state index is 11.7. The van der Waals surface area contributed by atoms with Gasteiger partial charge in [-0.2, -0.15) is 13.1 Å². The summed E-state index contributed by atoms with van der Waals surface area (Å²) in [5.74, 6) is 0.450. The van der Waals surface area contributed by atoms with E-state index in [1.165, 1.54) is 12.1 Å². The fourth-order valence-corrected chi connectivity index (χ4v) is 3.22. The van der Waals surface area contributed by atoms with Crippen LogP contribution in [0, 0.1) is 0 Å². The Kier molecular flexibility index (Phi) is 2.34. The zero-order chi connectivity index (χ0) is 12.0. The first kappa shape index (κ1) is 10.9. The van der Waals surface area contributed by atoms with Gasteiger partial charge in [0.2, 0.25) is 0 Å². The molecule has 2 N–H and O–H groups in total. The second-order valence-corrected chi connectivity index (χ2v) is 5.72. The summed E-state index contributed by atoms with van der Waals surface area (Å²) < 4.78 is 30.6. The number of benzene rings is 1. The van der Waals surface area contributed by atoms with E-state index in [0.29, 0.717) is 11.6 Å². The van der Waals surface area contributed by atoms with E-state index in [-0.39, 0.29) is 17.5 Å². The first-order valence-electron chi connectivity index (χ1n) is 5.40. The average Bonchev–Trinajstić information content (AvgIpc) is 2.15. The predicted molar refractivity (Wildman–Crippen MR) is 62.4 cm³/mol. The van der Waals surface area contributed by atoms with Gasteiger partial charge >= 0.3 is 10.3 Å². The highest BCUT2D eigenvalue weighted by atomic mass is 32.2. The summed E-state index contributed by atoms with van der Waals surface area (Å²) in [7, 11) is -1.73. The second kappa shape index (κ2) is 3.64. The van der Waals surface area contributed by atoms with Crippen molar-refractivity contribution in [2.45, 2.75) is 24.1 Å². The third-order valence-corrected chi connectivity index (χ3v) is 4.27. The molecule has 1 aromatic carbocycles. The minimum Gasteiger partial charge on any atom is -0.504 e. The van der Waals surface area contributed by atoms with Crippen molar-refractivity contribution in [1.29, 1.82) is 0 Å². The third kappa shape index (κ3) is 1.89. The monoisotopic (exact) mass is 252 g/mol. The van der Waals surface area contributed by atoms with Gasteiger partial charge in [-0.05, 0) is 12.1 Å². The number of aromatic hydroxyl groups is 1. The van der Waals surface area contributed by atoms with E-state index in [1.54, 1.807) is 12.1 Å². The Bertz CT molecular complexity index is 533. The molecule has 2 saturated heterocycles. The number of rotatable bonds is 4. The van der Waals surface area contributed by atoms with Crippen molar-refractivity contribution in [2.75, 3.05) is 0 Å². The third-order valence-electron chi connectivity index (χ3n) is 3.31. The summed E-state index contributed by atoms with van der Waals surface area (Å²) in [5, 5.41) is 9.42. The molecule has 2 unspecified atom stereocenters. The molecular formula is C10H11BNO4S. The molecule has 89 valence electrons. The number of hydrogen-bond acceptors (Lipinski definition) is 4. The maximum absolute atomic E-state index is 11.7. The normalized spacial score (nSPS) is 29.8. The summed E-state index contributed by atoms with van der Waals surface area (Å²) in [4.78, 5) is 0. The smallest absolute Gasteiger partial charge is 0.382 e. The summed E-state index contributed by atoms with van der Waals surface area (Å²) in [6.07, 6.45) is 1.06. The lowest BCUT2D eigenvalue weighted by Gasteiger charge is -2.57. The highest BCUT2D eigenvalue weighted by Gasteiger charge is 2.54. The molecule has 2 atom stereocenters. The summed E-state index contributed by atoms with van der Waals surface area (Å²) in [5.41, 5.74) is 0. The van der Waals surface area contributed by atoms with Crippen LogP contribution in [0.15, 0.2) is 24.3 Å². The first-order valence-corrected chi connectivity index (χ1v) is 6.81. The van der Waals surface area contributed by atoms with Crippen LogP contribution in [-0.2, 0) is 10.3 Å². The SMILES string of the molecule is O=S(=O)(NC1C2[B]C1C2)Oc1ccccc1O. The Morgan fingerprint density at radius 3 is 2.53 bits per heavy atom. The molecule has 0 spiro atoms.